The van der Waals surface area contributed by atoms with Crippen molar-refractivity contribution in [3.05, 3.63) is 23.2 Å². The van der Waals surface area contributed by atoms with Crippen LogP contribution in [-0.2, 0) is 16.3 Å². The van der Waals surface area contributed by atoms with Crippen molar-refractivity contribution < 1.29 is 27.5 Å². The molecule has 1 N–H and O–H groups in total. The van der Waals surface area contributed by atoms with Gasteiger partial charge >= 0.3 is 5.97 Å². The van der Waals surface area contributed by atoms with Crippen molar-refractivity contribution >= 4 is 21.7 Å². The summed E-state index contributed by atoms with van der Waals surface area (Å²) >= 11 is 0. The summed E-state index contributed by atoms with van der Waals surface area (Å²) in [5, 5.41) is 9.12. The minimum Gasteiger partial charge on any atom is -0.478 e. The first-order valence-electron chi connectivity index (χ1n) is 7.54. The molecule has 8 heteroatoms. The van der Waals surface area contributed by atoms with Crippen LogP contribution in [0.25, 0.3) is 0 Å². The Hall–Kier alpha value is -1.83. The second kappa shape index (κ2) is 7.63. The number of nitrogens with zero attached hydrogens (tertiary/aromatic N) is 1. The van der Waals surface area contributed by atoms with Gasteiger partial charge in [0, 0.05) is 30.8 Å². The fourth-order valence-electron chi connectivity index (χ4n) is 2.35. The van der Waals surface area contributed by atoms with Crippen LogP contribution in [0.2, 0.25) is 0 Å². The van der Waals surface area contributed by atoms with Gasteiger partial charge in [-0.15, -0.1) is 0 Å². The summed E-state index contributed by atoms with van der Waals surface area (Å²) in [5.74, 6) is -1.65. The third kappa shape index (κ3) is 4.57. The summed E-state index contributed by atoms with van der Waals surface area (Å²) in [6, 6.07) is 0.675. The van der Waals surface area contributed by atoms with Crippen molar-refractivity contribution in [2.75, 3.05) is 18.1 Å². The molecule has 0 aliphatic heterocycles. The highest BCUT2D eigenvalue weighted by Gasteiger charge is 2.28. The summed E-state index contributed by atoms with van der Waals surface area (Å²) < 4.78 is 28.8. The summed E-state index contributed by atoms with van der Waals surface area (Å²) in [4.78, 5) is 25.1. The molecule has 0 saturated carbocycles. The maximum atomic E-state index is 12.5. The van der Waals surface area contributed by atoms with Gasteiger partial charge in [0.15, 0.2) is 15.6 Å². The van der Waals surface area contributed by atoms with E-state index in [9.17, 15) is 18.0 Å². The van der Waals surface area contributed by atoms with Crippen LogP contribution in [0, 0.1) is 0 Å². The fraction of sp³-hybridized carbons (Fsp3) is 0.600. The normalized spacial score (nSPS) is 12.9. The maximum absolute atomic E-state index is 12.5. The molecule has 0 fully saturated rings. The minimum atomic E-state index is -3.23. The minimum absolute atomic E-state index is 0.00693. The third-order valence-corrected chi connectivity index (χ3v) is 5.51. The molecule has 0 aliphatic rings. The van der Waals surface area contributed by atoms with E-state index in [2.05, 4.69) is 0 Å². The number of hydrogen-bond acceptors (Lipinski definition) is 5. The van der Waals surface area contributed by atoms with Gasteiger partial charge in [-0.1, -0.05) is 13.8 Å². The number of carbonyl (C=O) groups is 2. The Morgan fingerprint density at radius 1 is 1.30 bits per heavy atom. The van der Waals surface area contributed by atoms with Crippen molar-refractivity contribution in [1.29, 1.82) is 0 Å². The Bertz CT molecular complexity index is 676. The number of aryl methyl sites for hydroxylation is 1. The lowest BCUT2D eigenvalue weighted by molar-refractivity contribution is 0.0677. The summed E-state index contributed by atoms with van der Waals surface area (Å²) in [6.45, 7) is 6.96. The fourth-order valence-corrected chi connectivity index (χ4v) is 3.50. The van der Waals surface area contributed by atoms with Gasteiger partial charge in [0.1, 0.15) is 11.3 Å². The van der Waals surface area contributed by atoms with Crippen molar-refractivity contribution in [1.82, 2.24) is 4.90 Å². The van der Waals surface area contributed by atoms with E-state index < -0.39 is 27.8 Å². The summed E-state index contributed by atoms with van der Waals surface area (Å²) in [7, 11) is -3.23. The second-order valence-electron chi connectivity index (χ2n) is 5.25. The van der Waals surface area contributed by atoms with Crippen molar-refractivity contribution in [3.63, 3.8) is 0 Å². The molecule has 1 atom stereocenters. The molecular weight excluding hydrogens is 322 g/mol. The molecule has 1 aromatic rings. The van der Waals surface area contributed by atoms with E-state index in [-0.39, 0.29) is 28.6 Å². The largest absolute Gasteiger partial charge is 0.478 e. The molecule has 23 heavy (non-hydrogen) atoms. The molecule has 0 aliphatic carbocycles. The Morgan fingerprint density at radius 2 is 1.91 bits per heavy atom. The van der Waals surface area contributed by atoms with Gasteiger partial charge in [-0.25, -0.2) is 13.2 Å². The molecule has 0 radical (unpaired) electrons. The first-order chi connectivity index (χ1) is 10.7. The van der Waals surface area contributed by atoms with E-state index in [1.807, 2.05) is 0 Å². The number of carbonyl (C=O) groups excluding carboxylic acids is 1. The zero-order valence-corrected chi connectivity index (χ0v) is 14.6. The van der Waals surface area contributed by atoms with Crippen LogP contribution in [0.4, 0.5) is 0 Å². The van der Waals surface area contributed by atoms with E-state index in [0.29, 0.717) is 13.0 Å². The highest BCUT2D eigenvalue weighted by atomic mass is 32.2. The predicted molar refractivity (Wildman–Crippen MR) is 85.5 cm³/mol. The molecule has 1 amide bonds. The van der Waals surface area contributed by atoms with Gasteiger partial charge in [-0.2, -0.15) is 0 Å². The van der Waals surface area contributed by atoms with Crippen molar-refractivity contribution in [2.45, 2.75) is 40.2 Å². The molecule has 0 aromatic carbocycles. The number of furan rings is 1. The van der Waals surface area contributed by atoms with Crippen LogP contribution < -0.4 is 0 Å². The number of sulfone groups is 1. The highest BCUT2D eigenvalue weighted by molar-refractivity contribution is 7.91. The molecule has 1 unspecified atom stereocenters. The van der Waals surface area contributed by atoms with E-state index in [4.69, 9.17) is 9.52 Å². The zero-order valence-electron chi connectivity index (χ0n) is 13.8. The molecule has 0 bridgehead atoms. The smallest absolute Gasteiger partial charge is 0.339 e. The standard InChI is InChI=1S/C15H23NO6S/c1-5-12-11(15(18)19)8-13(22-12)14(17)16(6-2)10(4)9-23(20,21)7-3/h8,10H,5-7,9H2,1-4H3,(H,18,19). The Kier molecular flexibility index (Phi) is 6.37. The van der Waals surface area contributed by atoms with Gasteiger partial charge in [-0.3, -0.25) is 4.79 Å². The first-order valence-corrected chi connectivity index (χ1v) is 9.36. The molecule has 7 nitrogen and oxygen atoms in total. The summed E-state index contributed by atoms with van der Waals surface area (Å²) in [5.41, 5.74) is -0.0410. The van der Waals surface area contributed by atoms with Crippen LogP contribution in [0.15, 0.2) is 10.5 Å². The van der Waals surface area contributed by atoms with Gasteiger partial charge < -0.3 is 14.4 Å². The lowest BCUT2D eigenvalue weighted by atomic mass is 10.2. The molecule has 0 spiro atoms. The van der Waals surface area contributed by atoms with Crippen LogP contribution in [0.1, 0.15) is 54.4 Å². The first kappa shape index (κ1) is 19.2. The highest BCUT2D eigenvalue weighted by Crippen LogP contribution is 2.19. The topological polar surface area (TPSA) is 105 Å². The predicted octanol–water partition coefficient (Wildman–Crippen LogP) is 1.83. The Balaban J connectivity index is 3.07. The zero-order chi connectivity index (χ0) is 17.8. The van der Waals surface area contributed by atoms with E-state index in [1.165, 1.54) is 11.0 Å². The lowest BCUT2D eigenvalue weighted by Crippen LogP contribution is -2.42. The molecule has 1 aromatic heterocycles. The molecule has 130 valence electrons. The van der Waals surface area contributed by atoms with Gasteiger partial charge in [0.25, 0.3) is 5.91 Å². The number of aromatic carboxylic acids is 1. The van der Waals surface area contributed by atoms with Crippen molar-refractivity contribution in [3.8, 4) is 0 Å². The average molecular weight is 345 g/mol. The Morgan fingerprint density at radius 3 is 2.30 bits per heavy atom. The van der Waals surface area contributed by atoms with E-state index in [1.54, 1.807) is 27.7 Å². The number of rotatable bonds is 8. The maximum Gasteiger partial charge on any atom is 0.339 e. The number of carboxylic acids is 1. The third-order valence-electron chi connectivity index (χ3n) is 3.64. The second-order valence-corrected chi connectivity index (χ2v) is 7.64. The van der Waals surface area contributed by atoms with Crippen LogP contribution >= 0.6 is 0 Å². The van der Waals surface area contributed by atoms with Crippen LogP contribution in [0.5, 0.6) is 0 Å². The number of carboxylic acid groups (broad SMARTS) is 1. The van der Waals surface area contributed by atoms with Crippen LogP contribution in [0.3, 0.4) is 0 Å². The van der Waals surface area contributed by atoms with Crippen LogP contribution in [-0.4, -0.2) is 54.4 Å². The molecular formula is C15H23NO6S. The average Bonchev–Trinajstić information content (AvgIpc) is 2.91. The van der Waals surface area contributed by atoms with Gasteiger partial charge in [0.05, 0.1) is 5.75 Å². The number of amides is 1. The number of hydrogen-bond donors (Lipinski definition) is 1. The Labute approximate surface area is 136 Å². The monoisotopic (exact) mass is 345 g/mol. The van der Waals surface area contributed by atoms with Gasteiger partial charge in [-0.05, 0) is 13.8 Å². The SMILES string of the molecule is CCc1oc(C(=O)N(CC)C(C)CS(=O)(=O)CC)cc1C(=O)O. The lowest BCUT2D eigenvalue weighted by Gasteiger charge is -2.26. The van der Waals surface area contributed by atoms with Gasteiger partial charge in [0.2, 0.25) is 0 Å². The van der Waals surface area contributed by atoms with E-state index >= 15 is 0 Å². The quantitative estimate of drug-likeness (QED) is 0.770. The molecule has 1 heterocycles. The van der Waals surface area contributed by atoms with Crippen molar-refractivity contribution in [2.24, 2.45) is 0 Å². The molecule has 1 rings (SSSR count). The van der Waals surface area contributed by atoms with E-state index in [0.717, 1.165) is 0 Å². The summed E-state index contributed by atoms with van der Waals surface area (Å²) in [6.07, 6.45) is 0.348. The molecule has 0 saturated heterocycles.